The van der Waals surface area contributed by atoms with Gasteiger partial charge in [-0.05, 0) is 64.8 Å². The first-order valence-corrected chi connectivity index (χ1v) is 10.1. The van der Waals surface area contributed by atoms with Gasteiger partial charge in [0.2, 0.25) is 0 Å². The van der Waals surface area contributed by atoms with E-state index in [2.05, 4.69) is 63.2 Å². The van der Waals surface area contributed by atoms with E-state index in [1.807, 2.05) is 27.7 Å². The molecule has 0 amide bonds. The maximum absolute atomic E-state index is 6.48. The molecule has 6 heteroatoms. The number of rotatable bonds is 3. The molecule has 0 aromatic heterocycles. The quantitative estimate of drug-likeness (QED) is 0.728. The Hall–Kier alpha value is -1.33. The lowest BCUT2D eigenvalue weighted by atomic mass is 9.49. The molecule has 0 radical (unpaired) electrons. The molecule has 148 valence electrons. The van der Waals surface area contributed by atoms with Gasteiger partial charge in [-0.2, -0.15) is 0 Å². The fourth-order valence-electron chi connectivity index (χ4n) is 3.94. The summed E-state index contributed by atoms with van der Waals surface area (Å²) in [6.45, 7) is 14.5. The van der Waals surface area contributed by atoms with E-state index in [1.165, 1.54) is 16.3 Å². The maximum atomic E-state index is 6.48. The van der Waals surface area contributed by atoms with Crippen LogP contribution in [0, 0.1) is 0 Å². The summed E-state index contributed by atoms with van der Waals surface area (Å²) in [5, 5.41) is 2.48. The molecule has 2 fully saturated rings. The molecule has 2 heterocycles. The average molecular weight is 380 g/mol. The van der Waals surface area contributed by atoms with Crippen molar-refractivity contribution in [3.63, 3.8) is 0 Å². The van der Waals surface area contributed by atoms with Crippen LogP contribution in [0.5, 0.6) is 0 Å². The Balaban J connectivity index is 1.56. The minimum atomic E-state index is -0.554. The van der Waals surface area contributed by atoms with E-state index in [4.69, 9.17) is 18.6 Å². The summed E-state index contributed by atoms with van der Waals surface area (Å²) in [6, 6.07) is 15.0. The highest BCUT2D eigenvalue weighted by molar-refractivity contribution is 7.11. The van der Waals surface area contributed by atoms with Crippen LogP contribution in [0.1, 0.15) is 54.0 Å². The molecule has 1 atom stereocenters. The van der Waals surface area contributed by atoms with Gasteiger partial charge in [-0.3, -0.25) is 0 Å². The van der Waals surface area contributed by atoms with Crippen LogP contribution in [0.15, 0.2) is 42.5 Å². The van der Waals surface area contributed by atoms with Crippen molar-refractivity contribution in [3.05, 3.63) is 48.0 Å². The molecule has 2 aromatic carbocycles. The summed E-state index contributed by atoms with van der Waals surface area (Å²) in [5.41, 5.74) is -0.568. The minimum Gasteiger partial charge on any atom is -0.405 e. The van der Waals surface area contributed by atoms with Crippen LogP contribution >= 0.6 is 0 Å². The van der Waals surface area contributed by atoms with Gasteiger partial charge in [0.1, 0.15) is 0 Å². The highest BCUT2D eigenvalue weighted by Gasteiger charge is 2.64. The average Bonchev–Trinajstić information content (AvgIpc) is 2.96. The van der Waals surface area contributed by atoms with Gasteiger partial charge < -0.3 is 18.6 Å². The first kappa shape index (κ1) is 20.0. The third-order valence-electron chi connectivity index (χ3n) is 6.91. The number of hydrogen-bond acceptors (Lipinski definition) is 4. The van der Waals surface area contributed by atoms with Gasteiger partial charge in [-0.15, -0.1) is 0 Å². The molecule has 0 saturated carbocycles. The molecule has 1 unspecified atom stereocenters. The molecule has 28 heavy (non-hydrogen) atoms. The summed E-state index contributed by atoms with van der Waals surface area (Å²) in [4.78, 5) is 0. The Labute approximate surface area is 169 Å². The van der Waals surface area contributed by atoms with Crippen LogP contribution in [-0.4, -0.2) is 36.4 Å². The standard InChI is InChI=1S/C22H30B2O4/c1-19(2)20(3,4)26-23(25-19)24-27-21(5,6)22(7,28-24)15-16-12-13-17-10-8-9-11-18(17)14-16/h8-14H,15H2,1-7H3. The molecule has 4 rings (SSSR count). The van der Waals surface area contributed by atoms with Crippen molar-refractivity contribution in [2.24, 2.45) is 0 Å². The molecule has 2 aliphatic rings. The molecular weight excluding hydrogens is 350 g/mol. The molecule has 0 spiro atoms. The van der Waals surface area contributed by atoms with Crippen molar-refractivity contribution >= 4 is 24.8 Å². The molecule has 0 N–H and O–H groups in total. The van der Waals surface area contributed by atoms with E-state index in [0.717, 1.165) is 6.42 Å². The Bertz CT molecular complexity index is 879. The van der Waals surface area contributed by atoms with Crippen LogP contribution < -0.4 is 0 Å². The highest BCUT2D eigenvalue weighted by atomic mass is 16.7. The van der Waals surface area contributed by atoms with Crippen molar-refractivity contribution in [2.45, 2.75) is 77.3 Å². The monoisotopic (exact) mass is 380 g/mol. The first-order chi connectivity index (χ1) is 12.9. The van der Waals surface area contributed by atoms with E-state index in [0.29, 0.717) is 0 Å². The smallest absolute Gasteiger partial charge is 0.405 e. The predicted octanol–water partition coefficient (Wildman–Crippen LogP) is 4.63. The zero-order chi connectivity index (χ0) is 20.4. The van der Waals surface area contributed by atoms with Gasteiger partial charge in [0, 0.05) is 6.42 Å². The second kappa shape index (κ2) is 6.33. The van der Waals surface area contributed by atoms with Gasteiger partial charge in [-0.25, -0.2) is 0 Å². The van der Waals surface area contributed by atoms with Crippen molar-refractivity contribution < 1.29 is 18.6 Å². The van der Waals surface area contributed by atoms with Crippen molar-refractivity contribution in [3.8, 4) is 0 Å². The van der Waals surface area contributed by atoms with E-state index < -0.39 is 36.4 Å². The Kier molecular flexibility index (Phi) is 4.51. The number of benzene rings is 2. The molecule has 2 saturated heterocycles. The van der Waals surface area contributed by atoms with Gasteiger partial charge in [0.15, 0.2) is 0 Å². The molecule has 4 nitrogen and oxygen atoms in total. The van der Waals surface area contributed by atoms with Crippen LogP contribution in [0.3, 0.4) is 0 Å². The second-order valence-corrected chi connectivity index (χ2v) is 9.83. The van der Waals surface area contributed by atoms with Crippen molar-refractivity contribution in [1.82, 2.24) is 0 Å². The Morgan fingerprint density at radius 2 is 1.18 bits per heavy atom. The maximum Gasteiger partial charge on any atom is 0.489 e. The zero-order valence-electron chi connectivity index (χ0n) is 18.0. The number of hydrogen-bond donors (Lipinski definition) is 0. The molecule has 2 aromatic rings. The van der Waals surface area contributed by atoms with Gasteiger partial charge in [0.25, 0.3) is 0 Å². The fraction of sp³-hybridized carbons (Fsp3) is 0.545. The largest absolute Gasteiger partial charge is 0.489 e. The summed E-state index contributed by atoms with van der Waals surface area (Å²) < 4.78 is 25.1. The summed E-state index contributed by atoms with van der Waals surface area (Å²) in [7, 11) is -1.09. The normalized spacial score (nSPS) is 28.2. The summed E-state index contributed by atoms with van der Waals surface area (Å²) in [6.07, 6.45) is 0.751. The Morgan fingerprint density at radius 3 is 1.82 bits per heavy atom. The topological polar surface area (TPSA) is 36.9 Å². The van der Waals surface area contributed by atoms with Crippen molar-refractivity contribution in [2.75, 3.05) is 0 Å². The summed E-state index contributed by atoms with van der Waals surface area (Å²) >= 11 is 0. The van der Waals surface area contributed by atoms with Crippen LogP contribution in [0.25, 0.3) is 10.8 Å². The molecular formula is C22H30B2O4. The van der Waals surface area contributed by atoms with E-state index >= 15 is 0 Å². The third kappa shape index (κ3) is 3.20. The lowest BCUT2D eigenvalue weighted by molar-refractivity contribution is -0.00875. The minimum absolute atomic E-state index is 0.411. The van der Waals surface area contributed by atoms with E-state index in [-0.39, 0.29) is 0 Å². The van der Waals surface area contributed by atoms with Gasteiger partial charge >= 0.3 is 14.0 Å². The highest BCUT2D eigenvalue weighted by Crippen LogP contribution is 2.44. The lowest BCUT2D eigenvalue weighted by Crippen LogP contribution is -2.46. The van der Waals surface area contributed by atoms with Gasteiger partial charge in [-0.1, -0.05) is 42.5 Å². The molecule has 2 aliphatic heterocycles. The number of fused-ring (bicyclic) bond motifs is 1. The fourth-order valence-corrected chi connectivity index (χ4v) is 3.94. The lowest BCUT2D eigenvalue weighted by Gasteiger charge is -2.36. The van der Waals surface area contributed by atoms with E-state index in [1.54, 1.807) is 0 Å². The van der Waals surface area contributed by atoms with Crippen LogP contribution in [0.2, 0.25) is 0 Å². The summed E-state index contributed by atoms with van der Waals surface area (Å²) in [5.74, 6) is 0. The van der Waals surface area contributed by atoms with Crippen molar-refractivity contribution in [1.29, 1.82) is 0 Å². The zero-order valence-corrected chi connectivity index (χ0v) is 18.0. The third-order valence-corrected chi connectivity index (χ3v) is 6.91. The van der Waals surface area contributed by atoms with Crippen LogP contribution in [-0.2, 0) is 25.0 Å². The van der Waals surface area contributed by atoms with E-state index in [9.17, 15) is 0 Å². The first-order valence-electron chi connectivity index (χ1n) is 10.1. The predicted molar refractivity (Wildman–Crippen MR) is 114 cm³/mol. The molecule has 0 bridgehead atoms. The Morgan fingerprint density at radius 1 is 0.643 bits per heavy atom. The van der Waals surface area contributed by atoms with Crippen LogP contribution in [0.4, 0.5) is 0 Å². The molecule has 0 aliphatic carbocycles. The SMILES string of the molecule is CC1(C)OB(B2OC(C)(C)C(C)(Cc3ccc4ccccc4c3)O2)OC1(C)C. The van der Waals surface area contributed by atoms with Gasteiger partial charge in [0.05, 0.1) is 22.4 Å². The second-order valence-electron chi connectivity index (χ2n) is 9.83.